The largest absolute Gasteiger partial charge is 0.383 e. The predicted octanol–water partition coefficient (Wildman–Crippen LogP) is 2.41. The van der Waals surface area contributed by atoms with Gasteiger partial charge < -0.3 is 15.4 Å². The minimum Gasteiger partial charge on any atom is -0.383 e. The average molecular weight is 265 g/mol. The van der Waals surface area contributed by atoms with Crippen molar-refractivity contribution in [2.24, 2.45) is 5.73 Å². The lowest BCUT2D eigenvalue weighted by molar-refractivity contribution is 0.203. The molecule has 4 heteroatoms. The maximum absolute atomic E-state index is 5.91. The fraction of sp³-hybridized carbons (Fsp3) is 0.667. The SMILES string of the molecule is CCC(C)N(CCOC)c1nc(C)cc(C)c1CN. The van der Waals surface area contributed by atoms with Crippen molar-refractivity contribution in [3.8, 4) is 0 Å². The molecule has 1 atom stereocenters. The van der Waals surface area contributed by atoms with Crippen LogP contribution in [0.4, 0.5) is 5.82 Å². The first-order valence-electron chi connectivity index (χ1n) is 6.97. The van der Waals surface area contributed by atoms with Crippen LogP contribution >= 0.6 is 0 Å². The predicted molar refractivity (Wildman–Crippen MR) is 80.6 cm³/mol. The number of ether oxygens (including phenoxy) is 1. The molecule has 0 aliphatic rings. The van der Waals surface area contributed by atoms with Crippen LogP contribution in [0.2, 0.25) is 0 Å². The number of methoxy groups -OCH3 is 1. The van der Waals surface area contributed by atoms with Gasteiger partial charge in [0.2, 0.25) is 0 Å². The molecule has 0 aliphatic heterocycles. The van der Waals surface area contributed by atoms with Gasteiger partial charge in [0.1, 0.15) is 5.82 Å². The van der Waals surface area contributed by atoms with E-state index < -0.39 is 0 Å². The van der Waals surface area contributed by atoms with Crippen LogP contribution in [0.25, 0.3) is 0 Å². The van der Waals surface area contributed by atoms with Crippen LogP contribution in [0.5, 0.6) is 0 Å². The Morgan fingerprint density at radius 2 is 2.11 bits per heavy atom. The molecule has 0 saturated carbocycles. The van der Waals surface area contributed by atoms with E-state index in [1.54, 1.807) is 7.11 Å². The highest BCUT2D eigenvalue weighted by atomic mass is 16.5. The van der Waals surface area contributed by atoms with Crippen molar-refractivity contribution < 1.29 is 4.74 Å². The molecule has 1 aromatic heterocycles. The van der Waals surface area contributed by atoms with Crippen molar-refractivity contribution in [3.05, 3.63) is 22.9 Å². The molecular formula is C15H27N3O. The molecule has 1 heterocycles. The lowest BCUT2D eigenvalue weighted by Gasteiger charge is -2.32. The van der Waals surface area contributed by atoms with Crippen LogP contribution in [0.1, 0.15) is 37.1 Å². The number of rotatable bonds is 7. The van der Waals surface area contributed by atoms with Gasteiger partial charge >= 0.3 is 0 Å². The van der Waals surface area contributed by atoms with E-state index in [0.29, 0.717) is 19.2 Å². The van der Waals surface area contributed by atoms with Gasteiger partial charge in [-0.05, 0) is 38.8 Å². The third-order valence-electron chi connectivity index (χ3n) is 3.59. The van der Waals surface area contributed by atoms with E-state index in [-0.39, 0.29) is 0 Å². The van der Waals surface area contributed by atoms with Gasteiger partial charge in [-0.15, -0.1) is 0 Å². The highest BCUT2D eigenvalue weighted by Gasteiger charge is 2.18. The van der Waals surface area contributed by atoms with E-state index in [4.69, 9.17) is 15.5 Å². The summed E-state index contributed by atoms with van der Waals surface area (Å²) in [5, 5.41) is 0. The molecule has 4 nitrogen and oxygen atoms in total. The van der Waals surface area contributed by atoms with Gasteiger partial charge in [0, 0.05) is 37.5 Å². The zero-order chi connectivity index (χ0) is 14.4. The third kappa shape index (κ3) is 3.91. The smallest absolute Gasteiger partial charge is 0.133 e. The molecule has 19 heavy (non-hydrogen) atoms. The Morgan fingerprint density at radius 1 is 1.42 bits per heavy atom. The maximum Gasteiger partial charge on any atom is 0.133 e. The summed E-state index contributed by atoms with van der Waals surface area (Å²) in [5.41, 5.74) is 9.31. The number of anilines is 1. The molecule has 0 bridgehead atoms. The van der Waals surface area contributed by atoms with Crippen molar-refractivity contribution in [2.45, 2.75) is 46.7 Å². The third-order valence-corrected chi connectivity index (χ3v) is 3.59. The maximum atomic E-state index is 5.91. The molecule has 0 aliphatic carbocycles. The Morgan fingerprint density at radius 3 is 2.63 bits per heavy atom. The van der Waals surface area contributed by atoms with Crippen molar-refractivity contribution in [1.82, 2.24) is 4.98 Å². The zero-order valence-electron chi connectivity index (χ0n) is 12.9. The summed E-state index contributed by atoms with van der Waals surface area (Å²) < 4.78 is 5.22. The van der Waals surface area contributed by atoms with Crippen molar-refractivity contribution in [3.63, 3.8) is 0 Å². The van der Waals surface area contributed by atoms with Gasteiger partial charge in [-0.3, -0.25) is 0 Å². The number of nitrogens with two attached hydrogens (primary N) is 1. The first-order chi connectivity index (χ1) is 9.04. The van der Waals surface area contributed by atoms with E-state index in [1.165, 1.54) is 5.56 Å². The number of pyridine rings is 1. The van der Waals surface area contributed by atoms with Crippen LogP contribution in [0.3, 0.4) is 0 Å². The molecule has 1 rings (SSSR count). The van der Waals surface area contributed by atoms with E-state index >= 15 is 0 Å². The standard InChI is InChI=1S/C15H27N3O/c1-6-13(4)18(7-8-19-5)15-14(10-16)11(2)9-12(3)17-15/h9,13H,6-8,10,16H2,1-5H3. The minimum atomic E-state index is 0.425. The van der Waals surface area contributed by atoms with E-state index in [9.17, 15) is 0 Å². The van der Waals surface area contributed by atoms with E-state index in [0.717, 1.165) is 30.0 Å². The van der Waals surface area contributed by atoms with Crippen LogP contribution in [-0.2, 0) is 11.3 Å². The first-order valence-corrected chi connectivity index (χ1v) is 6.97. The van der Waals surface area contributed by atoms with Crippen LogP contribution in [0, 0.1) is 13.8 Å². The topological polar surface area (TPSA) is 51.4 Å². The highest BCUT2D eigenvalue weighted by Crippen LogP contribution is 2.24. The van der Waals surface area contributed by atoms with Crippen LogP contribution in [0.15, 0.2) is 6.07 Å². The van der Waals surface area contributed by atoms with Gasteiger partial charge in [-0.2, -0.15) is 0 Å². The Bertz CT molecular complexity index is 407. The average Bonchev–Trinajstić information content (AvgIpc) is 2.38. The zero-order valence-corrected chi connectivity index (χ0v) is 12.9. The molecule has 0 amide bonds. The number of hydrogen-bond donors (Lipinski definition) is 1. The van der Waals surface area contributed by atoms with Crippen LogP contribution < -0.4 is 10.6 Å². The second kappa shape index (κ2) is 7.46. The monoisotopic (exact) mass is 265 g/mol. The highest BCUT2D eigenvalue weighted by molar-refractivity contribution is 5.52. The van der Waals surface area contributed by atoms with Gasteiger partial charge in [0.15, 0.2) is 0 Å². The van der Waals surface area contributed by atoms with E-state index in [1.807, 2.05) is 6.92 Å². The fourth-order valence-electron chi connectivity index (χ4n) is 2.28. The van der Waals surface area contributed by atoms with Crippen molar-refractivity contribution in [1.29, 1.82) is 0 Å². The number of nitrogens with zero attached hydrogens (tertiary/aromatic N) is 2. The number of hydrogen-bond acceptors (Lipinski definition) is 4. The minimum absolute atomic E-state index is 0.425. The summed E-state index contributed by atoms with van der Waals surface area (Å²) in [7, 11) is 1.73. The summed E-state index contributed by atoms with van der Waals surface area (Å²) in [6.07, 6.45) is 1.07. The molecule has 0 spiro atoms. The second-order valence-corrected chi connectivity index (χ2v) is 5.03. The molecule has 2 N–H and O–H groups in total. The molecular weight excluding hydrogens is 238 g/mol. The van der Waals surface area contributed by atoms with E-state index in [2.05, 4.69) is 31.7 Å². The number of aryl methyl sites for hydroxylation is 2. The number of aromatic nitrogens is 1. The lowest BCUT2D eigenvalue weighted by Crippen LogP contribution is -2.37. The molecule has 1 aromatic rings. The fourth-order valence-corrected chi connectivity index (χ4v) is 2.28. The van der Waals surface area contributed by atoms with Gasteiger partial charge in [-0.1, -0.05) is 6.92 Å². The van der Waals surface area contributed by atoms with Gasteiger partial charge in [0.05, 0.1) is 6.61 Å². The Labute approximate surface area is 117 Å². The summed E-state index contributed by atoms with van der Waals surface area (Å²) in [6, 6.07) is 2.52. The molecule has 108 valence electrons. The first kappa shape index (κ1) is 15.9. The summed E-state index contributed by atoms with van der Waals surface area (Å²) >= 11 is 0. The van der Waals surface area contributed by atoms with Crippen molar-refractivity contribution >= 4 is 5.82 Å². The molecule has 0 saturated heterocycles. The second-order valence-electron chi connectivity index (χ2n) is 5.03. The molecule has 1 unspecified atom stereocenters. The summed E-state index contributed by atoms with van der Waals surface area (Å²) in [6.45, 7) is 10.6. The Hall–Kier alpha value is -1.13. The molecule has 0 aromatic carbocycles. The summed E-state index contributed by atoms with van der Waals surface area (Å²) in [5.74, 6) is 1.02. The van der Waals surface area contributed by atoms with Gasteiger partial charge in [-0.25, -0.2) is 4.98 Å². The Balaban J connectivity index is 3.19. The van der Waals surface area contributed by atoms with Gasteiger partial charge in [0.25, 0.3) is 0 Å². The normalized spacial score (nSPS) is 12.5. The Kier molecular flexibility index (Phi) is 6.25. The lowest BCUT2D eigenvalue weighted by atomic mass is 10.1. The molecule has 0 fully saturated rings. The quantitative estimate of drug-likeness (QED) is 0.822. The molecule has 0 radical (unpaired) electrons. The summed E-state index contributed by atoms with van der Waals surface area (Å²) in [4.78, 5) is 7.03. The van der Waals surface area contributed by atoms with Crippen LogP contribution in [-0.4, -0.2) is 31.3 Å². The van der Waals surface area contributed by atoms with Crippen molar-refractivity contribution in [2.75, 3.05) is 25.2 Å².